The molecular weight excluding hydrogens is 376 g/mol. The maximum absolute atomic E-state index is 5.59. The van der Waals surface area contributed by atoms with Crippen LogP contribution in [0.4, 0.5) is 0 Å². The van der Waals surface area contributed by atoms with Crippen molar-refractivity contribution in [2.45, 2.75) is 20.0 Å². The van der Waals surface area contributed by atoms with Crippen molar-refractivity contribution in [3.63, 3.8) is 0 Å². The van der Waals surface area contributed by atoms with E-state index in [1.165, 1.54) is 0 Å². The molecular formula is C19H24N6O2S. The monoisotopic (exact) mass is 400 g/mol. The fraction of sp³-hybridized carbons (Fsp3) is 0.421. The largest absolute Gasteiger partial charge is 0.443 e. The van der Waals surface area contributed by atoms with Crippen LogP contribution in [0.25, 0.3) is 10.8 Å². The summed E-state index contributed by atoms with van der Waals surface area (Å²) in [4.78, 5) is 15.0. The van der Waals surface area contributed by atoms with Gasteiger partial charge in [-0.25, -0.2) is 9.98 Å². The van der Waals surface area contributed by atoms with Crippen LogP contribution in [0.5, 0.6) is 0 Å². The molecule has 1 aliphatic heterocycles. The summed E-state index contributed by atoms with van der Waals surface area (Å²) in [6.45, 7) is 8.00. The van der Waals surface area contributed by atoms with Gasteiger partial charge in [-0.05, 0) is 18.4 Å². The Labute approximate surface area is 167 Å². The van der Waals surface area contributed by atoms with Gasteiger partial charge in [0.15, 0.2) is 5.96 Å². The third kappa shape index (κ3) is 4.60. The molecule has 0 bridgehead atoms. The van der Waals surface area contributed by atoms with Gasteiger partial charge in [-0.15, -0.1) is 11.3 Å². The predicted molar refractivity (Wildman–Crippen MR) is 108 cm³/mol. The van der Waals surface area contributed by atoms with Gasteiger partial charge in [-0.1, -0.05) is 11.2 Å². The van der Waals surface area contributed by atoms with Crippen LogP contribution in [0.1, 0.15) is 18.3 Å². The highest BCUT2D eigenvalue weighted by Gasteiger charge is 2.20. The Morgan fingerprint density at radius 2 is 2.14 bits per heavy atom. The molecule has 0 amide bonds. The molecule has 9 heteroatoms. The normalized spacial score (nSPS) is 15.9. The van der Waals surface area contributed by atoms with Crippen LogP contribution in [0.15, 0.2) is 50.0 Å². The number of nitrogens with one attached hydrogen (secondary N) is 1. The van der Waals surface area contributed by atoms with Crippen LogP contribution in [-0.4, -0.2) is 58.6 Å². The van der Waals surface area contributed by atoms with Crippen molar-refractivity contribution in [2.75, 3.05) is 32.7 Å². The van der Waals surface area contributed by atoms with E-state index in [9.17, 15) is 0 Å². The van der Waals surface area contributed by atoms with Crippen LogP contribution in [0.3, 0.4) is 0 Å². The van der Waals surface area contributed by atoms with Crippen molar-refractivity contribution >= 4 is 17.3 Å². The van der Waals surface area contributed by atoms with Gasteiger partial charge in [0.25, 0.3) is 0 Å². The molecule has 3 aromatic rings. The SMILES string of the molecule is CCNC(=NCc1coc(-c2cccs2)n1)N1CCN(Cc2ccon2)CC1. The number of piperazine rings is 1. The Balaban J connectivity index is 1.34. The maximum Gasteiger partial charge on any atom is 0.236 e. The summed E-state index contributed by atoms with van der Waals surface area (Å²) in [5, 5.41) is 9.40. The molecule has 1 N–H and O–H groups in total. The molecule has 1 saturated heterocycles. The number of hydrogen-bond donors (Lipinski definition) is 1. The molecule has 0 aromatic carbocycles. The second kappa shape index (κ2) is 9.03. The minimum atomic E-state index is 0.496. The minimum Gasteiger partial charge on any atom is -0.443 e. The van der Waals surface area contributed by atoms with Gasteiger partial charge < -0.3 is 19.2 Å². The van der Waals surface area contributed by atoms with Gasteiger partial charge in [0.05, 0.1) is 17.1 Å². The van der Waals surface area contributed by atoms with Gasteiger partial charge in [0.1, 0.15) is 18.2 Å². The first-order valence-corrected chi connectivity index (χ1v) is 10.3. The lowest BCUT2D eigenvalue weighted by atomic mass is 10.3. The Bertz CT molecular complexity index is 866. The molecule has 0 unspecified atom stereocenters. The molecule has 0 spiro atoms. The Kier molecular flexibility index (Phi) is 6.03. The van der Waals surface area contributed by atoms with Crippen molar-refractivity contribution in [3.8, 4) is 10.8 Å². The topological polar surface area (TPSA) is 82.9 Å². The molecule has 0 radical (unpaired) electrons. The number of aromatic nitrogens is 2. The number of thiophene rings is 1. The van der Waals surface area contributed by atoms with Crippen LogP contribution in [0, 0.1) is 0 Å². The highest BCUT2D eigenvalue weighted by molar-refractivity contribution is 7.13. The van der Waals surface area contributed by atoms with E-state index in [-0.39, 0.29) is 0 Å². The number of aliphatic imine (C=N–C) groups is 1. The zero-order chi connectivity index (χ0) is 19.2. The number of guanidine groups is 1. The minimum absolute atomic E-state index is 0.496. The van der Waals surface area contributed by atoms with Gasteiger partial charge >= 0.3 is 0 Å². The van der Waals surface area contributed by atoms with Gasteiger partial charge in [0, 0.05) is 45.3 Å². The number of rotatable bonds is 6. The first kappa shape index (κ1) is 18.7. The molecule has 0 aliphatic carbocycles. The summed E-state index contributed by atoms with van der Waals surface area (Å²) in [6, 6.07) is 5.92. The summed E-state index contributed by atoms with van der Waals surface area (Å²) in [5.74, 6) is 1.58. The fourth-order valence-electron chi connectivity index (χ4n) is 3.14. The summed E-state index contributed by atoms with van der Waals surface area (Å²) < 4.78 is 10.5. The van der Waals surface area contributed by atoms with E-state index in [0.717, 1.165) is 61.5 Å². The summed E-state index contributed by atoms with van der Waals surface area (Å²) in [5.41, 5.74) is 1.81. The third-order valence-corrected chi connectivity index (χ3v) is 5.42. The van der Waals surface area contributed by atoms with E-state index in [0.29, 0.717) is 12.4 Å². The Hall–Kier alpha value is -2.65. The molecule has 1 fully saturated rings. The quantitative estimate of drug-likeness (QED) is 0.503. The fourth-order valence-corrected chi connectivity index (χ4v) is 3.80. The summed E-state index contributed by atoms with van der Waals surface area (Å²) >= 11 is 1.62. The number of hydrogen-bond acceptors (Lipinski definition) is 7. The molecule has 0 atom stereocenters. The Morgan fingerprint density at radius 3 is 2.86 bits per heavy atom. The smallest absolute Gasteiger partial charge is 0.236 e. The van der Waals surface area contributed by atoms with Crippen LogP contribution in [0.2, 0.25) is 0 Å². The standard InChI is InChI=1S/C19H24N6O2S/c1-2-20-19(21-12-16-14-26-18(22-16)17-4-3-11-28-17)25-8-6-24(7-9-25)13-15-5-10-27-23-15/h3-5,10-11,14H,2,6-9,12-13H2,1H3,(H,20,21). The predicted octanol–water partition coefficient (Wildman–Crippen LogP) is 2.67. The molecule has 148 valence electrons. The number of oxazole rings is 1. The van der Waals surface area contributed by atoms with E-state index in [2.05, 4.69) is 32.2 Å². The third-order valence-electron chi connectivity index (χ3n) is 4.56. The molecule has 0 saturated carbocycles. The van der Waals surface area contributed by atoms with Crippen LogP contribution < -0.4 is 5.32 Å². The Morgan fingerprint density at radius 1 is 1.25 bits per heavy atom. The van der Waals surface area contributed by atoms with Gasteiger partial charge in [-0.2, -0.15) is 0 Å². The molecule has 28 heavy (non-hydrogen) atoms. The van der Waals surface area contributed by atoms with Crippen molar-refractivity contribution < 1.29 is 8.94 Å². The van der Waals surface area contributed by atoms with Gasteiger partial charge in [-0.3, -0.25) is 4.90 Å². The zero-order valence-electron chi connectivity index (χ0n) is 15.9. The van der Waals surface area contributed by atoms with Crippen molar-refractivity contribution in [1.29, 1.82) is 0 Å². The van der Waals surface area contributed by atoms with Crippen molar-refractivity contribution in [2.24, 2.45) is 4.99 Å². The second-order valence-electron chi connectivity index (χ2n) is 6.55. The first-order valence-electron chi connectivity index (χ1n) is 9.45. The molecule has 4 heterocycles. The van der Waals surface area contributed by atoms with Crippen LogP contribution in [-0.2, 0) is 13.1 Å². The maximum atomic E-state index is 5.59. The van der Waals surface area contributed by atoms with Gasteiger partial charge in [0.2, 0.25) is 5.89 Å². The van der Waals surface area contributed by atoms with Crippen LogP contribution >= 0.6 is 11.3 Å². The summed E-state index contributed by atoms with van der Waals surface area (Å²) in [7, 11) is 0. The van der Waals surface area contributed by atoms with E-state index in [1.807, 2.05) is 23.6 Å². The first-order chi connectivity index (χ1) is 13.8. The highest BCUT2D eigenvalue weighted by atomic mass is 32.1. The van der Waals surface area contributed by atoms with E-state index < -0.39 is 0 Å². The van der Waals surface area contributed by atoms with E-state index >= 15 is 0 Å². The molecule has 3 aromatic heterocycles. The van der Waals surface area contributed by atoms with Crippen molar-refractivity contribution in [3.05, 3.63) is 47.5 Å². The molecule has 8 nitrogen and oxygen atoms in total. The average molecular weight is 401 g/mol. The highest BCUT2D eigenvalue weighted by Crippen LogP contribution is 2.23. The lowest BCUT2D eigenvalue weighted by Crippen LogP contribution is -2.52. The lowest BCUT2D eigenvalue weighted by Gasteiger charge is -2.36. The van der Waals surface area contributed by atoms with E-state index in [1.54, 1.807) is 23.9 Å². The number of nitrogens with zero attached hydrogens (tertiary/aromatic N) is 5. The molecule has 4 rings (SSSR count). The molecule has 1 aliphatic rings. The average Bonchev–Trinajstić information content (AvgIpc) is 3.48. The zero-order valence-corrected chi connectivity index (χ0v) is 16.7. The lowest BCUT2D eigenvalue weighted by molar-refractivity contribution is 0.169. The van der Waals surface area contributed by atoms with E-state index in [4.69, 9.17) is 13.9 Å². The summed E-state index contributed by atoms with van der Waals surface area (Å²) in [6.07, 6.45) is 3.31. The van der Waals surface area contributed by atoms with Crippen molar-refractivity contribution in [1.82, 2.24) is 25.3 Å². The second-order valence-corrected chi connectivity index (χ2v) is 7.49.